The molecule has 8 nitrogen and oxygen atoms in total. The van der Waals surface area contributed by atoms with Gasteiger partial charge >= 0.3 is 17.9 Å². The summed E-state index contributed by atoms with van der Waals surface area (Å²) in [7, 11) is 0. The number of rotatable bonds is 7. The van der Waals surface area contributed by atoms with Crippen LogP contribution in [0.2, 0.25) is 0 Å². The Morgan fingerprint density at radius 2 is 1.69 bits per heavy atom. The fourth-order valence-electron chi connectivity index (χ4n) is 2.68. The van der Waals surface area contributed by atoms with Crippen LogP contribution in [0.4, 0.5) is 0 Å². The third-order valence-electron chi connectivity index (χ3n) is 3.64. The molecule has 0 aliphatic carbocycles. The lowest BCUT2D eigenvalue weighted by Gasteiger charge is -2.32. The maximum atomic E-state index is 11.6. The number of carbonyl (C=O) groups is 3. The minimum Gasteiger partial charge on any atom is -0.451 e. The van der Waals surface area contributed by atoms with Gasteiger partial charge in [-0.3, -0.25) is 14.4 Å². The van der Waals surface area contributed by atoms with Crippen molar-refractivity contribution in [1.29, 1.82) is 0 Å². The molecule has 1 fully saturated rings. The van der Waals surface area contributed by atoms with Crippen molar-refractivity contribution >= 4 is 17.9 Å². The van der Waals surface area contributed by atoms with Crippen LogP contribution in [0.25, 0.3) is 0 Å². The van der Waals surface area contributed by atoms with E-state index in [1.165, 1.54) is 20.8 Å². The summed E-state index contributed by atoms with van der Waals surface area (Å²) in [6.45, 7) is 3.64. The van der Waals surface area contributed by atoms with Crippen LogP contribution in [0, 0.1) is 0 Å². The van der Waals surface area contributed by atoms with Gasteiger partial charge in [0.05, 0.1) is 19.8 Å². The van der Waals surface area contributed by atoms with Crippen LogP contribution in [-0.4, -0.2) is 49.1 Å². The minimum absolute atomic E-state index is 0.100. The number of hydrogen-bond donors (Lipinski definition) is 0. The molecule has 1 unspecified atom stereocenters. The van der Waals surface area contributed by atoms with Crippen molar-refractivity contribution in [2.45, 2.75) is 45.4 Å². The van der Waals surface area contributed by atoms with E-state index in [9.17, 15) is 14.4 Å². The smallest absolute Gasteiger partial charge is 0.305 e. The predicted octanol–water partition coefficient (Wildman–Crippen LogP) is 1.36. The third-order valence-corrected chi connectivity index (χ3v) is 3.64. The number of ether oxygens (including phenoxy) is 5. The van der Waals surface area contributed by atoms with Crippen molar-refractivity contribution in [3.63, 3.8) is 0 Å². The SMILES string of the molecule is CC(=O)OC1[C@H](OC(C)=O)OC[C@]1(COCc1ccccc1)OC(C)=O. The van der Waals surface area contributed by atoms with Crippen LogP contribution < -0.4 is 0 Å². The standard InChI is InChI=1S/C18H22O8/c1-12(19)24-16-17(25-13(2)20)23-11-18(16,26-14(3)21)10-22-9-15-7-5-4-6-8-15/h4-8,16-17H,9-11H2,1-3H3/t16?,17-,18-/m0/s1. The highest BCUT2D eigenvalue weighted by Crippen LogP contribution is 2.33. The summed E-state index contributed by atoms with van der Waals surface area (Å²) in [4.78, 5) is 34.4. The summed E-state index contributed by atoms with van der Waals surface area (Å²) in [6, 6.07) is 9.40. The highest BCUT2D eigenvalue weighted by Gasteiger charge is 2.57. The van der Waals surface area contributed by atoms with Crippen LogP contribution in [0.1, 0.15) is 26.3 Å². The Morgan fingerprint density at radius 3 is 2.27 bits per heavy atom. The van der Waals surface area contributed by atoms with Crippen molar-refractivity contribution in [3.8, 4) is 0 Å². The van der Waals surface area contributed by atoms with E-state index < -0.39 is 35.9 Å². The normalized spacial score (nSPS) is 24.7. The first-order chi connectivity index (χ1) is 12.3. The largest absolute Gasteiger partial charge is 0.451 e. The molecule has 0 amide bonds. The Labute approximate surface area is 151 Å². The molecule has 1 aliphatic heterocycles. The van der Waals surface area contributed by atoms with Crippen LogP contribution in [0.15, 0.2) is 30.3 Å². The predicted molar refractivity (Wildman–Crippen MR) is 87.7 cm³/mol. The molecule has 8 heteroatoms. The second kappa shape index (κ2) is 8.77. The van der Waals surface area contributed by atoms with Crippen LogP contribution in [0.3, 0.4) is 0 Å². The fourth-order valence-corrected chi connectivity index (χ4v) is 2.68. The van der Waals surface area contributed by atoms with Gasteiger partial charge in [0.2, 0.25) is 18.0 Å². The van der Waals surface area contributed by atoms with Gasteiger partial charge in [-0.15, -0.1) is 0 Å². The van der Waals surface area contributed by atoms with Crippen molar-refractivity contribution in [1.82, 2.24) is 0 Å². The zero-order valence-corrected chi connectivity index (χ0v) is 14.9. The van der Waals surface area contributed by atoms with Gasteiger partial charge in [0.15, 0.2) is 0 Å². The molecule has 0 aromatic heterocycles. The van der Waals surface area contributed by atoms with E-state index in [-0.39, 0.29) is 19.8 Å². The number of benzene rings is 1. The van der Waals surface area contributed by atoms with Gasteiger partial charge < -0.3 is 23.7 Å². The van der Waals surface area contributed by atoms with E-state index in [1.807, 2.05) is 30.3 Å². The number of carbonyl (C=O) groups excluding carboxylic acids is 3. The Bertz CT molecular complexity index is 644. The number of esters is 3. The lowest BCUT2D eigenvalue weighted by atomic mass is 10.00. The molecule has 1 aromatic rings. The molecule has 0 bridgehead atoms. The molecule has 0 saturated carbocycles. The summed E-state index contributed by atoms with van der Waals surface area (Å²) in [6.07, 6.45) is -2.32. The monoisotopic (exact) mass is 366 g/mol. The maximum absolute atomic E-state index is 11.6. The van der Waals surface area contributed by atoms with E-state index in [1.54, 1.807) is 0 Å². The maximum Gasteiger partial charge on any atom is 0.305 e. The van der Waals surface area contributed by atoms with Crippen molar-refractivity contribution in [2.24, 2.45) is 0 Å². The fraction of sp³-hybridized carbons (Fsp3) is 0.500. The van der Waals surface area contributed by atoms with E-state index in [2.05, 4.69) is 0 Å². The highest BCUT2D eigenvalue weighted by molar-refractivity contribution is 5.68. The summed E-state index contributed by atoms with van der Waals surface area (Å²) in [5.41, 5.74) is -0.489. The van der Waals surface area contributed by atoms with Gasteiger partial charge in [0.25, 0.3) is 0 Å². The first kappa shape index (κ1) is 19.9. The summed E-state index contributed by atoms with van der Waals surface area (Å²) < 4.78 is 26.8. The summed E-state index contributed by atoms with van der Waals surface area (Å²) in [5.74, 6) is -1.84. The van der Waals surface area contributed by atoms with Crippen LogP contribution in [0.5, 0.6) is 0 Å². The summed E-state index contributed by atoms with van der Waals surface area (Å²) in [5, 5.41) is 0. The third kappa shape index (κ3) is 5.27. The lowest BCUT2D eigenvalue weighted by Crippen LogP contribution is -2.53. The topological polar surface area (TPSA) is 97.4 Å². The molecule has 3 atom stereocenters. The van der Waals surface area contributed by atoms with Gasteiger partial charge in [-0.05, 0) is 5.56 Å². The first-order valence-corrected chi connectivity index (χ1v) is 8.10. The molecule has 142 valence electrons. The quantitative estimate of drug-likeness (QED) is 0.527. The molecule has 1 heterocycles. The Morgan fingerprint density at radius 1 is 1.04 bits per heavy atom. The van der Waals surface area contributed by atoms with Crippen molar-refractivity contribution in [3.05, 3.63) is 35.9 Å². The van der Waals surface area contributed by atoms with E-state index in [0.29, 0.717) is 0 Å². The van der Waals surface area contributed by atoms with Gasteiger partial charge in [-0.25, -0.2) is 0 Å². The molecule has 2 rings (SSSR count). The molecule has 26 heavy (non-hydrogen) atoms. The molecule has 0 radical (unpaired) electrons. The average molecular weight is 366 g/mol. The molecule has 0 spiro atoms. The number of hydrogen-bond acceptors (Lipinski definition) is 8. The molecule has 0 N–H and O–H groups in total. The van der Waals surface area contributed by atoms with E-state index in [4.69, 9.17) is 23.7 Å². The van der Waals surface area contributed by atoms with E-state index in [0.717, 1.165) is 5.56 Å². The lowest BCUT2D eigenvalue weighted by molar-refractivity contribution is -0.204. The van der Waals surface area contributed by atoms with Crippen LogP contribution in [-0.2, 0) is 44.7 Å². The molecular formula is C18H22O8. The molecule has 1 aromatic carbocycles. The highest BCUT2D eigenvalue weighted by atomic mass is 16.7. The van der Waals surface area contributed by atoms with Gasteiger partial charge in [-0.1, -0.05) is 30.3 Å². The van der Waals surface area contributed by atoms with Gasteiger partial charge in [0.1, 0.15) is 0 Å². The van der Waals surface area contributed by atoms with Crippen molar-refractivity contribution in [2.75, 3.05) is 13.2 Å². The first-order valence-electron chi connectivity index (χ1n) is 8.10. The Hall–Kier alpha value is -2.45. The molecule has 1 aliphatic rings. The molecular weight excluding hydrogens is 344 g/mol. The second-order valence-corrected chi connectivity index (χ2v) is 5.96. The van der Waals surface area contributed by atoms with Crippen LogP contribution >= 0.6 is 0 Å². The Kier molecular flexibility index (Phi) is 6.70. The second-order valence-electron chi connectivity index (χ2n) is 5.96. The Balaban J connectivity index is 2.16. The summed E-state index contributed by atoms with van der Waals surface area (Å²) >= 11 is 0. The molecule has 1 saturated heterocycles. The zero-order chi connectivity index (χ0) is 19.2. The zero-order valence-electron chi connectivity index (χ0n) is 14.9. The van der Waals surface area contributed by atoms with Crippen molar-refractivity contribution < 1.29 is 38.1 Å². The minimum atomic E-state index is -1.41. The van der Waals surface area contributed by atoms with Gasteiger partial charge in [-0.2, -0.15) is 0 Å². The van der Waals surface area contributed by atoms with Gasteiger partial charge in [0, 0.05) is 20.8 Å². The average Bonchev–Trinajstić information content (AvgIpc) is 2.85. The van der Waals surface area contributed by atoms with E-state index >= 15 is 0 Å².